The predicted molar refractivity (Wildman–Crippen MR) is 84.1 cm³/mol. The Morgan fingerprint density at radius 3 is 2.73 bits per heavy atom. The molecule has 0 aliphatic heterocycles. The zero-order valence-corrected chi connectivity index (χ0v) is 12.8. The van der Waals surface area contributed by atoms with Gasteiger partial charge in [-0.25, -0.2) is 4.39 Å². The van der Waals surface area contributed by atoms with E-state index < -0.39 is 11.7 Å². The van der Waals surface area contributed by atoms with Crippen molar-refractivity contribution in [3.63, 3.8) is 0 Å². The molecule has 6 heteroatoms. The molecule has 1 amide bonds. The van der Waals surface area contributed by atoms with Gasteiger partial charge in [-0.05, 0) is 36.4 Å². The predicted octanol–water partition coefficient (Wildman–Crippen LogP) is 4.07. The molecule has 0 fully saturated rings. The maximum absolute atomic E-state index is 13.6. The Labute approximate surface area is 133 Å². The van der Waals surface area contributed by atoms with Crippen LogP contribution in [0.3, 0.4) is 0 Å². The summed E-state index contributed by atoms with van der Waals surface area (Å²) < 4.78 is 19.7. The zero-order valence-electron chi connectivity index (χ0n) is 11.2. The molecule has 1 aromatic heterocycles. The third-order valence-electron chi connectivity index (χ3n) is 3.10. The molecular formula is C16H10BrFN2O2. The Kier molecular flexibility index (Phi) is 3.77. The average molecular weight is 361 g/mol. The van der Waals surface area contributed by atoms with Crippen molar-refractivity contribution in [1.29, 1.82) is 5.41 Å². The van der Waals surface area contributed by atoms with Gasteiger partial charge in [0.05, 0.1) is 5.69 Å². The molecule has 0 spiro atoms. The van der Waals surface area contributed by atoms with Crippen LogP contribution >= 0.6 is 15.9 Å². The molecule has 2 N–H and O–H groups in total. The smallest absolute Gasteiger partial charge is 0.261 e. The van der Waals surface area contributed by atoms with Crippen molar-refractivity contribution in [2.45, 2.75) is 0 Å². The van der Waals surface area contributed by atoms with Crippen molar-refractivity contribution in [2.75, 3.05) is 5.32 Å². The Balaban J connectivity index is 2.02. The number of hydrogen-bond acceptors (Lipinski definition) is 3. The van der Waals surface area contributed by atoms with Crippen LogP contribution in [0.5, 0.6) is 0 Å². The monoisotopic (exact) mass is 360 g/mol. The molecule has 4 nitrogen and oxygen atoms in total. The molecule has 2 aromatic carbocycles. The lowest BCUT2D eigenvalue weighted by atomic mass is 10.1. The molecule has 1 heterocycles. The summed E-state index contributed by atoms with van der Waals surface area (Å²) in [5, 5.41) is 10.9. The first-order valence-electron chi connectivity index (χ1n) is 6.38. The fraction of sp³-hybridized carbons (Fsp3) is 0. The van der Waals surface area contributed by atoms with E-state index in [1.54, 1.807) is 30.3 Å². The van der Waals surface area contributed by atoms with Crippen molar-refractivity contribution < 1.29 is 13.6 Å². The lowest BCUT2D eigenvalue weighted by molar-refractivity contribution is 0.102. The van der Waals surface area contributed by atoms with E-state index >= 15 is 0 Å². The Hall–Kier alpha value is -2.47. The number of anilines is 1. The molecule has 110 valence electrons. The van der Waals surface area contributed by atoms with E-state index in [9.17, 15) is 9.18 Å². The molecule has 0 unspecified atom stereocenters. The van der Waals surface area contributed by atoms with Gasteiger partial charge in [-0.15, -0.1) is 0 Å². The number of para-hydroxylation sites is 1. The largest absolute Gasteiger partial charge is 0.438 e. The van der Waals surface area contributed by atoms with Gasteiger partial charge in [-0.1, -0.05) is 28.1 Å². The van der Waals surface area contributed by atoms with Crippen LogP contribution in [0, 0.1) is 11.2 Å². The van der Waals surface area contributed by atoms with E-state index in [4.69, 9.17) is 9.83 Å². The maximum atomic E-state index is 13.6. The standard InChI is InChI=1S/C16H10BrFN2O2/c17-10-5-6-14-9(7-10)8-11(15(19)22-14)16(21)20-13-4-2-1-3-12(13)18/h1-8,19H,(H,20,21). The first kappa shape index (κ1) is 14.5. The summed E-state index contributed by atoms with van der Waals surface area (Å²) in [5.74, 6) is -1.14. The van der Waals surface area contributed by atoms with E-state index in [0.717, 1.165) is 4.47 Å². The number of hydrogen-bond donors (Lipinski definition) is 2. The van der Waals surface area contributed by atoms with E-state index in [2.05, 4.69) is 21.2 Å². The molecule has 0 aliphatic carbocycles. The van der Waals surface area contributed by atoms with Crippen LogP contribution < -0.4 is 10.9 Å². The lowest BCUT2D eigenvalue weighted by Crippen LogP contribution is -2.21. The van der Waals surface area contributed by atoms with Crippen molar-refractivity contribution in [3.05, 3.63) is 69.9 Å². The lowest BCUT2D eigenvalue weighted by Gasteiger charge is -2.07. The minimum Gasteiger partial charge on any atom is -0.438 e. The van der Waals surface area contributed by atoms with E-state index in [0.29, 0.717) is 11.0 Å². The van der Waals surface area contributed by atoms with Gasteiger partial charge >= 0.3 is 0 Å². The van der Waals surface area contributed by atoms with Gasteiger partial charge in [0.1, 0.15) is 17.0 Å². The molecule has 0 radical (unpaired) electrons. The second-order valence-corrected chi connectivity index (χ2v) is 5.52. The van der Waals surface area contributed by atoms with Crippen LogP contribution in [0.1, 0.15) is 10.4 Å². The van der Waals surface area contributed by atoms with Crippen LogP contribution in [0.2, 0.25) is 0 Å². The quantitative estimate of drug-likeness (QED) is 0.723. The van der Waals surface area contributed by atoms with Crippen LogP contribution in [0.4, 0.5) is 10.1 Å². The Morgan fingerprint density at radius 2 is 1.95 bits per heavy atom. The normalized spacial score (nSPS) is 10.6. The fourth-order valence-corrected chi connectivity index (χ4v) is 2.41. The SMILES string of the molecule is N=c1oc2ccc(Br)cc2cc1C(=O)Nc1ccccc1F. The van der Waals surface area contributed by atoms with Crippen molar-refractivity contribution in [1.82, 2.24) is 0 Å². The number of amides is 1. The van der Waals surface area contributed by atoms with E-state index in [1.807, 2.05) is 0 Å². The second-order valence-electron chi connectivity index (χ2n) is 4.61. The average Bonchev–Trinajstić information content (AvgIpc) is 2.49. The van der Waals surface area contributed by atoms with Crippen LogP contribution in [0.25, 0.3) is 11.0 Å². The number of carbonyl (C=O) groups excluding carboxylic acids is 1. The van der Waals surface area contributed by atoms with Gasteiger partial charge in [0, 0.05) is 9.86 Å². The third kappa shape index (κ3) is 2.78. The fourth-order valence-electron chi connectivity index (χ4n) is 2.03. The molecule has 0 saturated carbocycles. The van der Waals surface area contributed by atoms with Gasteiger partial charge in [-0.3, -0.25) is 10.2 Å². The zero-order chi connectivity index (χ0) is 15.7. The van der Waals surface area contributed by atoms with Gasteiger partial charge in [-0.2, -0.15) is 0 Å². The van der Waals surface area contributed by atoms with E-state index in [-0.39, 0.29) is 16.8 Å². The highest BCUT2D eigenvalue weighted by atomic mass is 79.9. The summed E-state index contributed by atoms with van der Waals surface area (Å²) in [5.41, 5.74) is 0.314. The topological polar surface area (TPSA) is 66.1 Å². The minimum atomic E-state index is -0.597. The van der Waals surface area contributed by atoms with Crippen molar-refractivity contribution in [3.8, 4) is 0 Å². The first-order valence-corrected chi connectivity index (χ1v) is 7.18. The van der Waals surface area contributed by atoms with Gasteiger partial charge in [0.2, 0.25) is 5.55 Å². The first-order chi connectivity index (χ1) is 10.5. The van der Waals surface area contributed by atoms with Crippen LogP contribution in [0.15, 0.2) is 57.4 Å². The van der Waals surface area contributed by atoms with Crippen LogP contribution in [-0.4, -0.2) is 5.91 Å². The van der Waals surface area contributed by atoms with Gasteiger partial charge < -0.3 is 9.73 Å². The second kappa shape index (κ2) is 5.73. The van der Waals surface area contributed by atoms with Gasteiger partial charge in [0.15, 0.2) is 0 Å². The summed E-state index contributed by atoms with van der Waals surface area (Å²) in [6.45, 7) is 0. The number of rotatable bonds is 2. The molecular weight excluding hydrogens is 351 g/mol. The highest BCUT2D eigenvalue weighted by molar-refractivity contribution is 9.10. The van der Waals surface area contributed by atoms with Gasteiger partial charge in [0.25, 0.3) is 5.91 Å². The molecule has 0 atom stereocenters. The highest BCUT2D eigenvalue weighted by Gasteiger charge is 2.13. The molecule has 0 bridgehead atoms. The molecule has 0 saturated heterocycles. The highest BCUT2D eigenvalue weighted by Crippen LogP contribution is 2.20. The number of carbonyl (C=O) groups is 1. The van der Waals surface area contributed by atoms with Crippen LogP contribution in [-0.2, 0) is 0 Å². The summed E-state index contributed by atoms with van der Waals surface area (Å²) in [6.07, 6.45) is 0. The maximum Gasteiger partial charge on any atom is 0.261 e. The molecule has 0 aliphatic rings. The minimum absolute atomic E-state index is 0.0360. The summed E-state index contributed by atoms with van der Waals surface area (Å²) in [6, 6.07) is 12.7. The van der Waals surface area contributed by atoms with Crippen molar-refractivity contribution in [2.24, 2.45) is 0 Å². The summed E-state index contributed by atoms with van der Waals surface area (Å²) >= 11 is 3.34. The Bertz CT molecular complexity index is 937. The third-order valence-corrected chi connectivity index (χ3v) is 3.59. The number of halogens is 2. The summed E-state index contributed by atoms with van der Waals surface area (Å²) in [7, 11) is 0. The number of nitrogens with one attached hydrogen (secondary N) is 2. The van der Waals surface area contributed by atoms with Crippen molar-refractivity contribution >= 4 is 38.5 Å². The Morgan fingerprint density at radius 1 is 1.18 bits per heavy atom. The number of benzene rings is 2. The molecule has 22 heavy (non-hydrogen) atoms. The molecule has 3 rings (SSSR count). The summed E-state index contributed by atoms with van der Waals surface area (Å²) in [4.78, 5) is 12.2. The molecule has 3 aromatic rings. The van der Waals surface area contributed by atoms with E-state index in [1.165, 1.54) is 18.2 Å². The number of fused-ring (bicyclic) bond motifs is 1.